The second kappa shape index (κ2) is 9.19. The monoisotopic (exact) mass is 496 g/mol. The highest BCUT2D eigenvalue weighted by atomic mass is 32.2. The van der Waals surface area contributed by atoms with Crippen LogP contribution in [0.3, 0.4) is 0 Å². The van der Waals surface area contributed by atoms with Gasteiger partial charge < -0.3 is 0 Å². The topological polar surface area (TPSA) is 158 Å². The molecule has 0 aliphatic heterocycles. The molecule has 34 heavy (non-hydrogen) atoms. The van der Waals surface area contributed by atoms with Crippen LogP contribution in [0.5, 0.6) is 0 Å². The zero-order valence-electron chi connectivity index (χ0n) is 17.2. The van der Waals surface area contributed by atoms with Gasteiger partial charge in [0.05, 0.1) is 22.0 Å². The van der Waals surface area contributed by atoms with Gasteiger partial charge in [0.25, 0.3) is 20.2 Å². The highest BCUT2D eigenvalue weighted by Gasteiger charge is 2.17. The predicted molar refractivity (Wildman–Crippen MR) is 125 cm³/mol. The largest absolute Gasteiger partial charge is 0.296 e. The third-order valence-corrected chi connectivity index (χ3v) is 6.42. The van der Waals surface area contributed by atoms with E-state index in [1.165, 1.54) is 24.3 Å². The van der Waals surface area contributed by atoms with Crippen molar-refractivity contribution in [2.45, 2.75) is 9.79 Å². The Balaban J connectivity index is 1.65. The molecule has 2 N–H and O–H groups in total. The number of hydrogen-bond donors (Lipinski definition) is 2. The summed E-state index contributed by atoms with van der Waals surface area (Å²) in [6.45, 7) is 0. The lowest BCUT2D eigenvalue weighted by Gasteiger charge is -2.04. The highest BCUT2D eigenvalue weighted by molar-refractivity contribution is 7.86. The summed E-state index contributed by atoms with van der Waals surface area (Å²) < 4.78 is 64.8. The fourth-order valence-corrected chi connectivity index (χ4v) is 4.18. The SMILES string of the molecule is O=S(=O)(O)c1ccc(N=Nc2ccc(N=Nc3cccc4ccccc34)c(S(=O)(=O)O)c2)cc1. The van der Waals surface area contributed by atoms with Crippen LogP contribution in [-0.2, 0) is 20.2 Å². The molecular weight excluding hydrogens is 480 g/mol. The molecule has 10 nitrogen and oxygen atoms in total. The van der Waals surface area contributed by atoms with Gasteiger partial charge >= 0.3 is 0 Å². The Labute approximate surface area is 194 Å². The third-order valence-electron chi connectivity index (χ3n) is 4.67. The number of azo groups is 2. The summed E-state index contributed by atoms with van der Waals surface area (Å²) >= 11 is 0. The summed E-state index contributed by atoms with van der Waals surface area (Å²) in [6.07, 6.45) is 0. The lowest BCUT2D eigenvalue weighted by atomic mass is 10.1. The van der Waals surface area contributed by atoms with Gasteiger partial charge in [0, 0.05) is 5.39 Å². The first-order valence-electron chi connectivity index (χ1n) is 9.62. The normalized spacial score (nSPS) is 12.6. The molecule has 4 aromatic rings. The third kappa shape index (κ3) is 5.38. The molecule has 0 heterocycles. The molecule has 12 heteroatoms. The Bertz CT molecular complexity index is 1640. The van der Waals surface area contributed by atoms with Crippen LogP contribution in [-0.4, -0.2) is 25.9 Å². The Morgan fingerprint density at radius 3 is 1.88 bits per heavy atom. The van der Waals surface area contributed by atoms with E-state index in [9.17, 15) is 21.4 Å². The molecule has 0 aliphatic carbocycles. The van der Waals surface area contributed by atoms with Gasteiger partial charge in [0.1, 0.15) is 10.6 Å². The zero-order valence-corrected chi connectivity index (χ0v) is 18.8. The van der Waals surface area contributed by atoms with E-state index in [4.69, 9.17) is 4.55 Å². The number of nitrogens with zero attached hydrogens (tertiary/aromatic N) is 4. The lowest BCUT2D eigenvalue weighted by molar-refractivity contribution is 0.481. The van der Waals surface area contributed by atoms with Crippen molar-refractivity contribution in [1.29, 1.82) is 0 Å². The molecule has 0 unspecified atom stereocenters. The Morgan fingerprint density at radius 2 is 1.18 bits per heavy atom. The van der Waals surface area contributed by atoms with Crippen LogP contribution in [0.15, 0.2) is 115 Å². The minimum Gasteiger partial charge on any atom is -0.282 e. The molecule has 0 saturated heterocycles. The summed E-state index contributed by atoms with van der Waals surface area (Å²) in [7, 11) is -9.00. The first kappa shape index (κ1) is 23.3. The molecule has 4 aromatic carbocycles. The van der Waals surface area contributed by atoms with Gasteiger partial charge in [-0.05, 0) is 53.9 Å². The maximum Gasteiger partial charge on any atom is 0.296 e. The van der Waals surface area contributed by atoms with Crippen LogP contribution in [0.1, 0.15) is 0 Å². The van der Waals surface area contributed by atoms with Crippen molar-refractivity contribution in [3.8, 4) is 0 Å². The highest BCUT2D eigenvalue weighted by Crippen LogP contribution is 2.33. The van der Waals surface area contributed by atoms with Gasteiger partial charge in [-0.2, -0.15) is 27.1 Å². The van der Waals surface area contributed by atoms with Crippen molar-refractivity contribution >= 4 is 53.8 Å². The molecule has 0 spiro atoms. The van der Waals surface area contributed by atoms with Crippen LogP contribution in [0.25, 0.3) is 10.8 Å². The Hall–Kier alpha value is -3.84. The first-order chi connectivity index (χ1) is 16.1. The first-order valence-corrected chi connectivity index (χ1v) is 12.5. The minimum atomic E-state index is -4.66. The van der Waals surface area contributed by atoms with Gasteiger partial charge in [0.15, 0.2) is 0 Å². The summed E-state index contributed by atoms with van der Waals surface area (Å²) in [5, 5.41) is 17.7. The molecule has 0 radical (unpaired) electrons. The minimum absolute atomic E-state index is 0.0908. The predicted octanol–water partition coefficient (Wildman–Crippen LogP) is 6.16. The second-order valence-electron chi connectivity index (χ2n) is 6.99. The Kier molecular flexibility index (Phi) is 6.30. The van der Waals surface area contributed by atoms with Gasteiger partial charge in [-0.25, -0.2) is 0 Å². The fourth-order valence-electron chi connectivity index (χ4n) is 3.06. The maximum atomic E-state index is 11.9. The van der Waals surface area contributed by atoms with E-state index in [1.807, 2.05) is 30.3 Å². The maximum absolute atomic E-state index is 11.9. The van der Waals surface area contributed by atoms with E-state index in [0.717, 1.165) is 29.0 Å². The van der Waals surface area contributed by atoms with Crippen molar-refractivity contribution in [3.63, 3.8) is 0 Å². The summed E-state index contributed by atoms with van der Waals surface area (Å²) in [6, 6.07) is 21.7. The summed E-state index contributed by atoms with van der Waals surface area (Å²) in [5.74, 6) is 0. The van der Waals surface area contributed by atoms with E-state index in [-0.39, 0.29) is 22.0 Å². The summed E-state index contributed by atoms with van der Waals surface area (Å²) in [4.78, 5) is -0.810. The summed E-state index contributed by atoms with van der Waals surface area (Å²) in [5.41, 5.74) is 0.777. The second-order valence-corrected chi connectivity index (χ2v) is 9.81. The molecule has 0 atom stereocenters. The van der Waals surface area contributed by atoms with Crippen LogP contribution >= 0.6 is 0 Å². The molecule has 0 aromatic heterocycles. The number of benzene rings is 4. The Morgan fingerprint density at radius 1 is 0.559 bits per heavy atom. The van der Waals surface area contributed by atoms with Gasteiger partial charge in [-0.15, -0.1) is 10.2 Å². The zero-order chi connectivity index (χ0) is 24.3. The van der Waals surface area contributed by atoms with Crippen LogP contribution in [0, 0.1) is 0 Å². The molecule has 0 amide bonds. The van der Waals surface area contributed by atoms with Crippen molar-refractivity contribution < 1.29 is 25.9 Å². The number of fused-ring (bicyclic) bond motifs is 1. The van der Waals surface area contributed by atoms with E-state index < -0.39 is 25.1 Å². The molecule has 172 valence electrons. The molecule has 0 aliphatic rings. The standard InChI is InChI=1S/C22H16N4O6S2/c27-33(28,29)18-11-8-16(9-12-18)23-24-17-10-13-21(22(14-17)34(30,31)32)26-25-20-7-3-5-15-4-1-2-6-19(15)20/h1-14H,(H,27,28,29)(H,30,31,32). The quantitative estimate of drug-likeness (QED) is 0.240. The van der Waals surface area contributed by atoms with Gasteiger partial charge in [0.2, 0.25) is 0 Å². The van der Waals surface area contributed by atoms with E-state index in [2.05, 4.69) is 20.5 Å². The van der Waals surface area contributed by atoms with Crippen LogP contribution in [0.4, 0.5) is 22.7 Å². The van der Waals surface area contributed by atoms with E-state index in [1.54, 1.807) is 12.1 Å². The van der Waals surface area contributed by atoms with Crippen LogP contribution in [0.2, 0.25) is 0 Å². The molecule has 0 bridgehead atoms. The molecule has 4 rings (SSSR count). The van der Waals surface area contributed by atoms with Gasteiger partial charge in [-0.3, -0.25) is 9.11 Å². The van der Waals surface area contributed by atoms with Crippen LogP contribution < -0.4 is 0 Å². The van der Waals surface area contributed by atoms with Crippen molar-refractivity contribution in [2.24, 2.45) is 20.5 Å². The van der Waals surface area contributed by atoms with Crippen molar-refractivity contribution in [2.75, 3.05) is 0 Å². The van der Waals surface area contributed by atoms with E-state index >= 15 is 0 Å². The molecule has 0 fully saturated rings. The molecular formula is C22H16N4O6S2. The number of rotatable bonds is 6. The average Bonchev–Trinajstić information content (AvgIpc) is 2.80. The van der Waals surface area contributed by atoms with E-state index in [0.29, 0.717) is 5.69 Å². The number of hydrogen-bond acceptors (Lipinski definition) is 8. The van der Waals surface area contributed by atoms with Crippen molar-refractivity contribution in [3.05, 3.63) is 84.9 Å². The average molecular weight is 497 g/mol. The lowest BCUT2D eigenvalue weighted by Crippen LogP contribution is -1.98. The van der Waals surface area contributed by atoms with Crippen molar-refractivity contribution in [1.82, 2.24) is 0 Å². The fraction of sp³-hybridized carbons (Fsp3) is 0. The smallest absolute Gasteiger partial charge is 0.282 e. The van der Waals surface area contributed by atoms with Gasteiger partial charge in [-0.1, -0.05) is 36.4 Å². The molecule has 0 saturated carbocycles.